The minimum Gasteiger partial charge on any atom is -0.345 e. The smallest absolute Gasteiger partial charge is 0.251 e. The number of carbonyl (C=O) groups excluding carboxylic acids is 2. The van der Waals surface area contributed by atoms with Crippen molar-refractivity contribution >= 4 is 29.0 Å². The van der Waals surface area contributed by atoms with Crippen LogP contribution in [0.25, 0.3) is 11.3 Å². The van der Waals surface area contributed by atoms with E-state index in [1.165, 1.54) is 11.5 Å². The van der Waals surface area contributed by atoms with Gasteiger partial charge in [0.15, 0.2) is 0 Å². The fourth-order valence-electron chi connectivity index (χ4n) is 3.18. The summed E-state index contributed by atoms with van der Waals surface area (Å²) in [4.78, 5) is 25.4. The third-order valence-corrected chi connectivity index (χ3v) is 5.26. The minimum atomic E-state index is -0.450. The Kier molecular flexibility index (Phi) is 6.44. The first kappa shape index (κ1) is 20.4. The van der Waals surface area contributed by atoms with E-state index in [9.17, 15) is 9.59 Å². The standard InChI is InChI=1S/C24H20N4O2S/c29-23(25-20-13-11-18(12-14-20)22-16-31-28-27-22)15-21(17-7-3-1-4-8-17)26-24(30)19-9-5-2-6-10-19/h1-14,16,21H,15H2,(H,25,29)(H,26,30). The van der Waals surface area contributed by atoms with Gasteiger partial charge in [-0.05, 0) is 41.4 Å². The second-order valence-corrected chi connectivity index (χ2v) is 7.53. The zero-order chi connectivity index (χ0) is 21.5. The van der Waals surface area contributed by atoms with Crippen molar-refractivity contribution < 1.29 is 9.59 Å². The molecule has 154 valence electrons. The van der Waals surface area contributed by atoms with Crippen LogP contribution >= 0.6 is 11.5 Å². The molecule has 1 aromatic heterocycles. The topological polar surface area (TPSA) is 84.0 Å². The van der Waals surface area contributed by atoms with Crippen molar-refractivity contribution in [3.63, 3.8) is 0 Å². The lowest BCUT2D eigenvalue weighted by molar-refractivity contribution is -0.116. The van der Waals surface area contributed by atoms with Gasteiger partial charge in [-0.3, -0.25) is 9.59 Å². The Morgan fingerprint density at radius 3 is 2.19 bits per heavy atom. The third kappa shape index (κ3) is 5.40. The second kappa shape index (κ2) is 9.77. The highest BCUT2D eigenvalue weighted by atomic mass is 32.1. The number of benzene rings is 3. The number of rotatable bonds is 7. The molecule has 0 bridgehead atoms. The molecule has 6 nitrogen and oxygen atoms in total. The van der Waals surface area contributed by atoms with Crippen LogP contribution in [0.2, 0.25) is 0 Å². The summed E-state index contributed by atoms with van der Waals surface area (Å²) in [5.41, 5.74) is 3.84. The Morgan fingerprint density at radius 2 is 1.55 bits per heavy atom. The van der Waals surface area contributed by atoms with Gasteiger partial charge in [0.2, 0.25) is 5.91 Å². The molecular weight excluding hydrogens is 408 g/mol. The fraction of sp³-hybridized carbons (Fsp3) is 0.0833. The molecule has 0 saturated heterocycles. The number of aromatic nitrogens is 2. The molecule has 3 aromatic carbocycles. The van der Waals surface area contributed by atoms with Crippen molar-refractivity contribution in [2.24, 2.45) is 0 Å². The summed E-state index contributed by atoms with van der Waals surface area (Å²) >= 11 is 1.29. The molecule has 4 aromatic rings. The molecule has 4 rings (SSSR count). The SMILES string of the molecule is O=C(CC(NC(=O)c1ccccc1)c1ccccc1)Nc1ccc(-c2csnn2)cc1. The van der Waals surface area contributed by atoms with Crippen LogP contribution in [0.3, 0.4) is 0 Å². The van der Waals surface area contributed by atoms with Gasteiger partial charge in [0.1, 0.15) is 5.69 Å². The van der Waals surface area contributed by atoms with Crippen molar-refractivity contribution in [1.29, 1.82) is 0 Å². The van der Waals surface area contributed by atoms with Crippen LogP contribution in [-0.4, -0.2) is 21.4 Å². The largest absolute Gasteiger partial charge is 0.345 e. The Morgan fingerprint density at radius 1 is 0.871 bits per heavy atom. The summed E-state index contributed by atoms with van der Waals surface area (Å²) in [6, 6.07) is 25.4. The van der Waals surface area contributed by atoms with E-state index in [4.69, 9.17) is 0 Å². The molecule has 2 N–H and O–H groups in total. The van der Waals surface area contributed by atoms with Gasteiger partial charge < -0.3 is 10.6 Å². The van der Waals surface area contributed by atoms with Crippen molar-refractivity contribution in [2.45, 2.75) is 12.5 Å². The number of amides is 2. The fourth-order valence-corrected chi connectivity index (χ4v) is 3.65. The molecule has 0 saturated carbocycles. The molecule has 0 aliphatic rings. The van der Waals surface area contributed by atoms with E-state index in [1.54, 1.807) is 12.1 Å². The normalized spacial score (nSPS) is 11.5. The molecule has 1 atom stereocenters. The quantitative estimate of drug-likeness (QED) is 0.447. The van der Waals surface area contributed by atoms with E-state index in [2.05, 4.69) is 20.2 Å². The lowest BCUT2D eigenvalue weighted by atomic mass is 10.0. The molecule has 31 heavy (non-hydrogen) atoms. The highest BCUT2D eigenvalue weighted by molar-refractivity contribution is 7.03. The zero-order valence-corrected chi connectivity index (χ0v) is 17.4. The van der Waals surface area contributed by atoms with Crippen molar-refractivity contribution in [3.8, 4) is 11.3 Å². The van der Waals surface area contributed by atoms with Gasteiger partial charge in [0, 0.05) is 22.2 Å². The summed E-state index contributed by atoms with van der Waals surface area (Å²) in [6.07, 6.45) is 0.111. The number of hydrogen-bond acceptors (Lipinski definition) is 5. The van der Waals surface area contributed by atoms with Crippen LogP contribution in [0.5, 0.6) is 0 Å². The first-order valence-electron chi connectivity index (χ1n) is 9.77. The van der Waals surface area contributed by atoms with Crippen molar-refractivity contribution in [2.75, 3.05) is 5.32 Å². The molecule has 0 aliphatic heterocycles. The average molecular weight is 429 g/mol. The van der Waals surface area contributed by atoms with Gasteiger partial charge in [-0.25, -0.2) is 0 Å². The number of hydrogen-bond donors (Lipinski definition) is 2. The molecular formula is C24H20N4O2S. The van der Waals surface area contributed by atoms with E-state index in [-0.39, 0.29) is 18.2 Å². The third-order valence-electron chi connectivity index (χ3n) is 4.76. The Balaban J connectivity index is 1.45. The Bertz CT molecular complexity index is 1130. The maximum atomic E-state index is 12.7. The summed E-state index contributed by atoms with van der Waals surface area (Å²) in [5, 5.41) is 11.8. The number of anilines is 1. The molecule has 1 heterocycles. The summed E-state index contributed by atoms with van der Waals surface area (Å²) in [7, 11) is 0. The number of carbonyl (C=O) groups is 2. The van der Waals surface area contributed by atoms with E-state index in [0.29, 0.717) is 11.3 Å². The van der Waals surface area contributed by atoms with Gasteiger partial charge in [-0.15, -0.1) is 5.10 Å². The monoisotopic (exact) mass is 428 g/mol. The lowest BCUT2D eigenvalue weighted by Gasteiger charge is -2.19. The summed E-state index contributed by atoms with van der Waals surface area (Å²) in [6.45, 7) is 0. The molecule has 0 spiro atoms. The van der Waals surface area contributed by atoms with Gasteiger partial charge in [0.05, 0.1) is 12.5 Å². The highest BCUT2D eigenvalue weighted by Crippen LogP contribution is 2.22. The molecule has 0 radical (unpaired) electrons. The van der Waals surface area contributed by atoms with Gasteiger partial charge in [-0.1, -0.05) is 65.2 Å². The van der Waals surface area contributed by atoms with Crippen LogP contribution in [0.1, 0.15) is 28.4 Å². The van der Waals surface area contributed by atoms with Crippen LogP contribution in [0.15, 0.2) is 90.3 Å². The molecule has 0 fully saturated rings. The van der Waals surface area contributed by atoms with E-state index < -0.39 is 6.04 Å². The van der Waals surface area contributed by atoms with E-state index in [0.717, 1.165) is 16.8 Å². The van der Waals surface area contributed by atoms with Crippen molar-refractivity contribution in [1.82, 2.24) is 14.9 Å². The van der Waals surface area contributed by atoms with Crippen LogP contribution in [0, 0.1) is 0 Å². The molecule has 1 unspecified atom stereocenters. The summed E-state index contributed by atoms with van der Waals surface area (Å²) in [5.74, 6) is -0.409. The maximum absolute atomic E-state index is 12.7. The van der Waals surface area contributed by atoms with E-state index >= 15 is 0 Å². The zero-order valence-electron chi connectivity index (χ0n) is 16.6. The van der Waals surface area contributed by atoms with Crippen LogP contribution in [-0.2, 0) is 4.79 Å². The van der Waals surface area contributed by atoms with E-state index in [1.807, 2.05) is 78.2 Å². The van der Waals surface area contributed by atoms with Gasteiger partial charge in [-0.2, -0.15) is 0 Å². The minimum absolute atomic E-state index is 0.111. The first-order valence-corrected chi connectivity index (χ1v) is 10.6. The average Bonchev–Trinajstić information content (AvgIpc) is 3.35. The number of nitrogens with one attached hydrogen (secondary N) is 2. The van der Waals surface area contributed by atoms with Gasteiger partial charge >= 0.3 is 0 Å². The molecule has 0 aliphatic carbocycles. The number of nitrogens with zero attached hydrogens (tertiary/aromatic N) is 2. The predicted molar refractivity (Wildman–Crippen MR) is 122 cm³/mol. The Hall–Kier alpha value is -3.84. The lowest BCUT2D eigenvalue weighted by Crippen LogP contribution is -2.31. The molecule has 7 heteroatoms. The van der Waals surface area contributed by atoms with Gasteiger partial charge in [0.25, 0.3) is 5.91 Å². The van der Waals surface area contributed by atoms with Crippen molar-refractivity contribution in [3.05, 3.63) is 101 Å². The summed E-state index contributed by atoms with van der Waals surface area (Å²) < 4.78 is 3.86. The Labute approximate surface area is 184 Å². The predicted octanol–water partition coefficient (Wildman–Crippen LogP) is 4.71. The maximum Gasteiger partial charge on any atom is 0.251 e. The first-order chi connectivity index (χ1) is 15.2. The second-order valence-electron chi connectivity index (χ2n) is 6.92. The molecule has 2 amide bonds. The van der Waals surface area contributed by atoms with Crippen LogP contribution in [0.4, 0.5) is 5.69 Å². The van der Waals surface area contributed by atoms with Crippen LogP contribution < -0.4 is 10.6 Å². The highest BCUT2D eigenvalue weighted by Gasteiger charge is 2.19.